The number of aryl methyl sites for hydroxylation is 1. The lowest BCUT2D eigenvalue weighted by Gasteiger charge is -2.33. The third-order valence-corrected chi connectivity index (χ3v) is 6.93. The van der Waals surface area contributed by atoms with Gasteiger partial charge in [-0.05, 0) is 43.9 Å². The van der Waals surface area contributed by atoms with Crippen LogP contribution in [-0.2, 0) is 11.3 Å². The Morgan fingerprint density at radius 2 is 2.21 bits per heavy atom. The monoisotopic (exact) mass is 473 g/mol. The van der Waals surface area contributed by atoms with E-state index in [0.29, 0.717) is 34.0 Å². The Morgan fingerprint density at radius 3 is 2.88 bits per heavy atom. The number of carbonyl (C=O) groups excluding carboxylic acids is 1. The lowest BCUT2D eigenvalue weighted by atomic mass is 9.96. The molecule has 2 bridgehead atoms. The van der Waals surface area contributed by atoms with E-state index in [1.165, 1.54) is 28.2 Å². The largest absolute Gasteiger partial charge is 0.406 e. The lowest BCUT2D eigenvalue weighted by Crippen LogP contribution is -2.42. The van der Waals surface area contributed by atoms with Crippen LogP contribution in [0.25, 0.3) is 16.5 Å². The van der Waals surface area contributed by atoms with Crippen LogP contribution in [0.2, 0.25) is 0 Å². The van der Waals surface area contributed by atoms with Gasteiger partial charge in [-0.1, -0.05) is 12.7 Å². The average Bonchev–Trinajstić information content (AvgIpc) is 3.42. The Labute approximate surface area is 192 Å². The first-order valence-electron chi connectivity index (χ1n) is 10.6. The maximum atomic E-state index is 13.2. The number of halogens is 3. The Hall–Kier alpha value is -3.14. The molecule has 2 aliphatic rings. The van der Waals surface area contributed by atoms with Gasteiger partial charge in [-0.2, -0.15) is 13.2 Å². The van der Waals surface area contributed by atoms with Crippen LogP contribution in [0.3, 0.4) is 0 Å². The van der Waals surface area contributed by atoms with Gasteiger partial charge in [0.05, 0.1) is 17.3 Å². The molecule has 5 rings (SSSR count). The number of nitrogens with zero attached hydrogens (tertiary/aromatic N) is 4. The molecule has 1 N–H and O–H groups in total. The molecule has 3 aromatic heterocycles. The summed E-state index contributed by atoms with van der Waals surface area (Å²) in [5.74, 6) is 0.341. The van der Waals surface area contributed by atoms with E-state index in [2.05, 4.69) is 16.9 Å². The van der Waals surface area contributed by atoms with Crippen molar-refractivity contribution in [2.24, 2.45) is 0 Å². The molecule has 0 saturated carbocycles. The van der Waals surface area contributed by atoms with Gasteiger partial charge in [0.25, 0.3) is 0 Å². The highest BCUT2D eigenvalue weighted by Gasteiger charge is 2.39. The molecule has 6 nitrogen and oxygen atoms in total. The van der Waals surface area contributed by atoms with E-state index in [1.54, 1.807) is 18.3 Å². The van der Waals surface area contributed by atoms with Gasteiger partial charge < -0.3 is 14.8 Å². The summed E-state index contributed by atoms with van der Waals surface area (Å²) in [5.41, 5.74) is 2.04. The van der Waals surface area contributed by atoms with Crippen molar-refractivity contribution < 1.29 is 18.0 Å². The van der Waals surface area contributed by atoms with E-state index in [0.717, 1.165) is 23.3 Å². The average molecular weight is 474 g/mol. The molecule has 5 heterocycles. The molecular formula is C23H22F3N5OS. The van der Waals surface area contributed by atoms with Crippen LogP contribution in [0.4, 0.5) is 24.1 Å². The van der Waals surface area contributed by atoms with E-state index in [-0.39, 0.29) is 18.0 Å². The highest BCUT2D eigenvalue weighted by atomic mass is 32.1. The Morgan fingerprint density at radius 1 is 1.39 bits per heavy atom. The highest BCUT2D eigenvalue weighted by molar-refractivity contribution is 7.15. The molecule has 0 aromatic carbocycles. The zero-order valence-corrected chi connectivity index (χ0v) is 18.7. The van der Waals surface area contributed by atoms with Crippen molar-refractivity contribution in [2.45, 2.75) is 51.0 Å². The minimum atomic E-state index is -4.34. The zero-order chi connectivity index (χ0) is 23.3. The van der Waals surface area contributed by atoms with E-state index in [9.17, 15) is 18.0 Å². The molecule has 0 aliphatic carbocycles. The SMILES string of the molecule is C=CC(=O)N1C2C=C(c3nc(Nc4ncc(C)s4)cc4c3ccn4CC(F)(F)F)CC1CC2. The van der Waals surface area contributed by atoms with Crippen LogP contribution in [0.1, 0.15) is 29.8 Å². The lowest BCUT2D eigenvalue weighted by molar-refractivity contribution is -0.139. The Kier molecular flexibility index (Phi) is 5.27. The van der Waals surface area contributed by atoms with Crippen LogP contribution in [0, 0.1) is 6.92 Å². The van der Waals surface area contributed by atoms with Gasteiger partial charge in [0, 0.05) is 34.8 Å². The summed E-state index contributed by atoms with van der Waals surface area (Å²) in [6.07, 6.45) is 4.52. The first kappa shape index (κ1) is 21.7. The smallest absolute Gasteiger partial charge is 0.338 e. The van der Waals surface area contributed by atoms with E-state index in [1.807, 2.05) is 17.9 Å². The highest BCUT2D eigenvalue weighted by Crippen LogP contribution is 2.41. The molecule has 2 aliphatic heterocycles. The second-order valence-corrected chi connectivity index (χ2v) is 9.63. The summed E-state index contributed by atoms with van der Waals surface area (Å²) >= 11 is 1.45. The van der Waals surface area contributed by atoms with Crippen molar-refractivity contribution in [3.05, 3.63) is 53.8 Å². The third-order valence-electron chi connectivity index (χ3n) is 6.10. The molecule has 10 heteroatoms. The van der Waals surface area contributed by atoms with Crippen molar-refractivity contribution in [3.63, 3.8) is 0 Å². The maximum absolute atomic E-state index is 13.2. The van der Waals surface area contributed by atoms with Crippen LogP contribution in [0.15, 0.2) is 43.3 Å². The number of pyridine rings is 1. The molecule has 3 aromatic rings. The van der Waals surface area contributed by atoms with E-state index in [4.69, 9.17) is 4.98 Å². The number of hydrogen-bond acceptors (Lipinski definition) is 5. The predicted octanol–water partition coefficient (Wildman–Crippen LogP) is 5.44. The van der Waals surface area contributed by atoms with Gasteiger partial charge in [0.15, 0.2) is 5.13 Å². The number of carbonyl (C=O) groups is 1. The number of fused-ring (bicyclic) bond motifs is 3. The predicted molar refractivity (Wildman–Crippen MR) is 122 cm³/mol. The normalized spacial score (nSPS) is 20.2. The fourth-order valence-electron chi connectivity index (χ4n) is 4.80. The van der Waals surface area contributed by atoms with E-state index >= 15 is 0 Å². The summed E-state index contributed by atoms with van der Waals surface area (Å²) in [7, 11) is 0. The summed E-state index contributed by atoms with van der Waals surface area (Å²) in [5, 5.41) is 4.43. The molecule has 2 atom stereocenters. The summed E-state index contributed by atoms with van der Waals surface area (Å²) in [6.45, 7) is 4.45. The van der Waals surface area contributed by atoms with Gasteiger partial charge in [0.2, 0.25) is 5.91 Å². The number of nitrogens with one attached hydrogen (secondary N) is 1. The fourth-order valence-corrected chi connectivity index (χ4v) is 5.48. The van der Waals surface area contributed by atoms with Gasteiger partial charge in [-0.3, -0.25) is 4.79 Å². The van der Waals surface area contributed by atoms with Crippen LogP contribution < -0.4 is 5.32 Å². The third kappa shape index (κ3) is 4.15. The van der Waals surface area contributed by atoms with Crippen molar-refractivity contribution >= 4 is 44.7 Å². The first-order chi connectivity index (χ1) is 15.7. The second-order valence-electron chi connectivity index (χ2n) is 8.39. The molecule has 33 heavy (non-hydrogen) atoms. The quantitative estimate of drug-likeness (QED) is 0.502. The minimum absolute atomic E-state index is 0.0350. The van der Waals surface area contributed by atoms with Gasteiger partial charge in [-0.15, -0.1) is 11.3 Å². The number of alkyl halides is 3. The maximum Gasteiger partial charge on any atom is 0.406 e. The molecule has 0 radical (unpaired) electrons. The topological polar surface area (TPSA) is 63.1 Å². The molecule has 1 saturated heterocycles. The number of amides is 1. The van der Waals surface area contributed by atoms with Gasteiger partial charge in [-0.25, -0.2) is 9.97 Å². The standard InChI is InChI=1S/C23H22F3N5OS/c1-3-20(32)31-15-4-5-16(31)9-14(8-15)21-17-6-7-30(12-23(24,25)26)18(17)10-19(28-21)29-22-27-11-13(2)33-22/h3,6-8,10-11,15-16H,1,4-5,9,12H2,2H3,(H,27,28,29). The Bertz CT molecular complexity index is 1270. The molecule has 2 unspecified atom stereocenters. The molecule has 172 valence electrons. The molecule has 1 amide bonds. The van der Waals surface area contributed by atoms with Crippen LogP contribution in [-0.4, -0.2) is 43.6 Å². The second kappa shape index (κ2) is 8.02. The molecule has 0 spiro atoms. The number of hydrogen-bond donors (Lipinski definition) is 1. The number of aromatic nitrogens is 3. The number of anilines is 2. The Balaban J connectivity index is 1.60. The zero-order valence-electron chi connectivity index (χ0n) is 17.9. The fraction of sp³-hybridized carbons (Fsp3) is 0.348. The summed E-state index contributed by atoms with van der Waals surface area (Å²) in [4.78, 5) is 24.3. The summed E-state index contributed by atoms with van der Waals surface area (Å²) < 4.78 is 40.8. The molecule has 1 fully saturated rings. The van der Waals surface area contributed by atoms with Crippen molar-refractivity contribution in [3.8, 4) is 0 Å². The van der Waals surface area contributed by atoms with Crippen molar-refractivity contribution in [2.75, 3.05) is 5.32 Å². The van der Waals surface area contributed by atoms with Gasteiger partial charge in [0.1, 0.15) is 12.4 Å². The van der Waals surface area contributed by atoms with Crippen molar-refractivity contribution in [1.29, 1.82) is 0 Å². The van der Waals surface area contributed by atoms with Gasteiger partial charge >= 0.3 is 6.18 Å². The van der Waals surface area contributed by atoms with Crippen LogP contribution >= 0.6 is 11.3 Å². The van der Waals surface area contributed by atoms with E-state index < -0.39 is 12.7 Å². The number of thiazole rings is 1. The first-order valence-corrected chi connectivity index (χ1v) is 11.5. The summed E-state index contributed by atoms with van der Waals surface area (Å²) in [6, 6.07) is 3.29. The number of rotatable bonds is 5. The van der Waals surface area contributed by atoms with Crippen LogP contribution in [0.5, 0.6) is 0 Å². The molecular weight excluding hydrogens is 451 g/mol. The van der Waals surface area contributed by atoms with Crippen molar-refractivity contribution in [1.82, 2.24) is 19.4 Å². The minimum Gasteiger partial charge on any atom is -0.338 e.